The Labute approximate surface area is 144 Å². The number of rotatable bonds is 10. The normalized spacial score (nSPS) is 14.1. The molecule has 0 bridgehead atoms. The van der Waals surface area contributed by atoms with Gasteiger partial charge in [0.05, 0.1) is 31.2 Å². The number of hydrogen-bond acceptors (Lipinski definition) is 3. The van der Waals surface area contributed by atoms with Crippen molar-refractivity contribution in [3.8, 4) is 0 Å². The third kappa shape index (κ3) is 7.05. The fourth-order valence-corrected chi connectivity index (χ4v) is 2.81. The lowest BCUT2D eigenvalue weighted by Gasteiger charge is -2.09. The molecule has 3 heteroatoms. The predicted octanol–water partition coefficient (Wildman–Crippen LogP) is 5.47. The zero-order valence-electron chi connectivity index (χ0n) is 14.7. The van der Waals surface area contributed by atoms with Crippen molar-refractivity contribution in [3.05, 3.63) is 71.6 Å². The highest BCUT2D eigenvalue weighted by Gasteiger charge is 2.03. The van der Waals surface area contributed by atoms with Crippen LogP contribution in [0.4, 0.5) is 0 Å². The lowest BCUT2D eigenvalue weighted by Crippen LogP contribution is -2.04. The standard InChI is InChI=1S/C21H28O3/c1-17(5-3-7-19-9-11-23-15-19)13-21(22)14-18(2)6-4-8-20-10-12-24-16-20/h5,9-12,14-16,21-22H,3-4,6-8,13H2,1-2H3/b17-5+,18-14+. The van der Waals surface area contributed by atoms with Gasteiger partial charge >= 0.3 is 0 Å². The molecule has 0 saturated carbocycles. The van der Waals surface area contributed by atoms with Crippen molar-refractivity contribution in [1.82, 2.24) is 0 Å². The molecule has 24 heavy (non-hydrogen) atoms. The van der Waals surface area contributed by atoms with E-state index >= 15 is 0 Å². The summed E-state index contributed by atoms with van der Waals surface area (Å²) in [5.74, 6) is 0. The minimum absolute atomic E-state index is 0.399. The number of allylic oxidation sites excluding steroid dienone is 2. The van der Waals surface area contributed by atoms with Crippen LogP contribution >= 0.6 is 0 Å². The number of hydrogen-bond donors (Lipinski definition) is 1. The fourth-order valence-electron chi connectivity index (χ4n) is 2.81. The highest BCUT2D eigenvalue weighted by atomic mass is 16.3. The smallest absolute Gasteiger partial charge is 0.0934 e. The Morgan fingerprint density at radius 1 is 1.04 bits per heavy atom. The summed E-state index contributed by atoms with van der Waals surface area (Å²) in [5.41, 5.74) is 4.93. The monoisotopic (exact) mass is 328 g/mol. The average molecular weight is 328 g/mol. The van der Waals surface area contributed by atoms with E-state index in [2.05, 4.69) is 19.9 Å². The molecule has 1 unspecified atom stereocenters. The Kier molecular flexibility index (Phi) is 7.63. The fraction of sp³-hybridized carbons (Fsp3) is 0.429. The van der Waals surface area contributed by atoms with Gasteiger partial charge in [0.25, 0.3) is 0 Å². The summed E-state index contributed by atoms with van der Waals surface area (Å²) in [6.45, 7) is 4.18. The first-order valence-corrected chi connectivity index (χ1v) is 8.66. The second-order valence-corrected chi connectivity index (χ2v) is 6.49. The Hall–Kier alpha value is -2.00. The Morgan fingerprint density at radius 2 is 1.71 bits per heavy atom. The van der Waals surface area contributed by atoms with Crippen LogP contribution in [0.3, 0.4) is 0 Å². The number of furan rings is 2. The molecule has 1 atom stereocenters. The second kappa shape index (κ2) is 9.99. The van der Waals surface area contributed by atoms with E-state index in [-0.39, 0.29) is 0 Å². The van der Waals surface area contributed by atoms with Crippen LogP contribution in [0.5, 0.6) is 0 Å². The van der Waals surface area contributed by atoms with E-state index in [1.165, 1.54) is 22.3 Å². The third-order valence-corrected chi connectivity index (χ3v) is 4.13. The highest BCUT2D eigenvalue weighted by Crippen LogP contribution is 2.14. The van der Waals surface area contributed by atoms with Crippen LogP contribution in [-0.2, 0) is 12.8 Å². The summed E-state index contributed by atoms with van der Waals surface area (Å²) in [6.07, 6.45) is 16.6. The molecule has 0 aromatic carbocycles. The Balaban J connectivity index is 1.66. The van der Waals surface area contributed by atoms with E-state index in [1.54, 1.807) is 25.1 Å². The summed E-state index contributed by atoms with van der Waals surface area (Å²) in [7, 11) is 0. The van der Waals surface area contributed by atoms with Gasteiger partial charge in [0.15, 0.2) is 0 Å². The van der Waals surface area contributed by atoms with Gasteiger partial charge in [-0.05, 0) is 75.6 Å². The van der Waals surface area contributed by atoms with Crippen LogP contribution in [-0.4, -0.2) is 11.2 Å². The molecule has 2 aromatic rings. The molecule has 0 radical (unpaired) electrons. The van der Waals surface area contributed by atoms with E-state index in [0.29, 0.717) is 6.42 Å². The largest absolute Gasteiger partial charge is 0.472 e. The summed E-state index contributed by atoms with van der Waals surface area (Å²) in [6, 6.07) is 4.00. The molecular weight excluding hydrogens is 300 g/mol. The summed E-state index contributed by atoms with van der Waals surface area (Å²) in [5, 5.41) is 10.2. The molecule has 3 nitrogen and oxygen atoms in total. The summed E-state index contributed by atoms with van der Waals surface area (Å²) in [4.78, 5) is 0. The van der Waals surface area contributed by atoms with Gasteiger partial charge in [-0.15, -0.1) is 0 Å². The van der Waals surface area contributed by atoms with Crippen molar-refractivity contribution >= 4 is 0 Å². The molecule has 0 aliphatic carbocycles. The van der Waals surface area contributed by atoms with Crippen LogP contribution in [0, 0.1) is 0 Å². The zero-order chi connectivity index (χ0) is 17.2. The van der Waals surface area contributed by atoms with Crippen LogP contribution < -0.4 is 0 Å². The van der Waals surface area contributed by atoms with Crippen molar-refractivity contribution < 1.29 is 13.9 Å². The molecule has 0 saturated heterocycles. The first kappa shape index (κ1) is 18.3. The molecule has 2 aromatic heterocycles. The lowest BCUT2D eigenvalue weighted by atomic mass is 10.0. The number of aliphatic hydroxyl groups is 1. The minimum Gasteiger partial charge on any atom is -0.472 e. The van der Waals surface area contributed by atoms with Gasteiger partial charge in [-0.25, -0.2) is 0 Å². The molecule has 2 heterocycles. The molecule has 0 spiro atoms. The molecule has 0 aliphatic rings. The van der Waals surface area contributed by atoms with Crippen molar-refractivity contribution in [2.24, 2.45) is 0 Å². The van der Waals surface area contributed by atoms with E-state index < -0.39 is 6.10 Å². The van der Waals surface area contributed by atoms with Crippen LogP contribution in [0.25, 0.3) is 0 Å². The molecule has 130 valence electrons. The molecule has 2 rings (SSSR count). The Bertz CT molecular complexity index is 618. The number of aryl methyl sites for hydroxylation is 2. The zero-order valence-corrected chi connectivity index (χ0v) is 14.7. The maximum absolute atomic E-state index is 10.2. The SMILES string of the molecule is C/C(=C\C(O)C/C(C)=C/CCc1ccoc1)CCCc1ccoc1. The van der Waals surface area contributed by atoms with Gasteiger partial charge in [0.1, 0.15) is 0 Å². The third-order valence-electron chi connectivity index (χ3n) is 4.13. The van der Waals surface area contributed by atoms with Crippen molar-refractivity contribution in [2.45, 2.75) is 58.5 Å². The maximum atomic E-state index is 10.2. The molecule has 1 N–H and O–H groups in total. The highest BCUT2D eigenvalue weighted by molar-refractivity contribution is 5.11. The molecule has 0 aliphatic heterocycles. The second-order valence-electron chi connectivity index (χ2n) is 6.49. The summed E-state index contributed by atoms with van der Waals surface area (Å²) >= 11 is 0. The van der Waals surface area contributed by atoms with Crippen molar-refractivity contribution in [3.63, 3.8) is 0 Å². The minimum atomic E-state index is -0.399. The van der Waals surface area contributed by atoms with Gasteiger partial charge < -0.3 is 13.9 Å². The van der Waals surface area contributed by atoms with Gasteiger partial charge in [-0.1, -0.05) is 23.3 Å². The van der Waals surface area contributed by atoms with Crippen LogP contribution in [0.2, 0.25) is 0 Å². The van der Waals surface area contributed by atoms with Gasteiger partial charge in [0, 0.05) is 0 Å². The van der Waals surface area contributed by atoms with Gasteiger partial charge in [-0.2, -0.15) is 0 Å². The number of aliphatic hydroxyl groups excluding tert-OH is 1. The van der Waals surface area contributed by atoms with Crippen molar-refractivity contribution in [2.75, 3.05) is 0 Å². The van der Waals surface area contributed by atoms with E-state index in [9.17, 15) is 5.11 Å². The van der Waals surface area contributed by atoms with Gasteiger partial charge in [-0.3, -0.25) is 0 Å². The van der Waals surface area contributed by atoms with E-state index in [4.69, 9.17) is 8.83 Å². The average Bonchev–Trinajstić information content (AvgIpc) is 3.20. The van der Waals surface area contributed by atoms with Crippen LogP contribution in [0.1, 0.15) is 50.7 Å². The Morgan fingerprint density at radius 3 is 2.33 bits per heavy atom. The van der Waals surface area contributed by atoms with Crippen LogP contribution in [0.15, 0.2) is 69.3 Å². The van der Waals surface area contributed by atoms with E-state index in [1.807, 2.05) is 18.2 Å². The molecular formula is C21H28O3. The first-order chi connectivity index (χ1) is 11.6. The predicted molar refractivity (Wildman–Crippen MR) is 96.8 cm³/mol. The maximum Gasteiger partial charge on any atom is 0.0934 e. The first-order valence-electron chi connectivity index (χ1n) is 8.66. The lowest BCUT2D eigenvalue weighted by molar-refractivity contribution is 0.222. The molecule has 0 fully saturated rings. The van der Waals surface area contributed by atoms with Gasteiger partial charge in [0.2, 0.25) is 0 Å². The molecule has 0 amide bonds. The van der Waals surface area contributed by atoms with Crippen molar-refractivity contribution in [1.29, 1.82) is 0 Å². The van der Waals surface area contributed by atoms with E-state index in [0.717, 1.165) is 32.1 Å². The summed E-state index contributed by atoms with van der Waals surface area (Å²) < 4.78 is 10.1. The quantitative estimate of drug-likeness (QED) is 0.588. The topological polar surface area (TPSA) is 46.5 Å².